The molecule has 1 amide bonds. The van der Waals surface area contributed by atoms with Crippen molar-refractivity contribution in [3.63, 3.8) is 0 Å². The van der Waals surface area contributed by atoms with Gasteiger partial charge in [-0.1, -0.05) is 138 Å². The summed E-state index contributed by atoms with van der Waals surface area (Å²) in [5.41, 5.74) is 4.98. The number of rotatable bonds is 18. The van der Waals surface area contributed by atoms with Crippen LogP contribution >= 0.6 is 0 Å². The van der Waals surface area contributed by atoms with Crippen LogP contribution in [0.25, 0.3) is 0 Å². The van der Waals surface area contributed by atoms with Gasteiger partial charge in [0, 0.05) is 17.5 Å². The molecule has 1 aromatic rings. The first kappa shape index (κ1) is 33.2. The third-order valence-electron chi connectivity index (χ3n) is 7.16. The van der Waals surface area contributed by atoms with Gasteiger partial charge in [0.25, 0.3) is 0 Å². The van der Waals surface area contributed by atoms with Crippen molar-refractivity contribution in [2.45, 2.75) is 162 Å². The van der Waals surface area contributed by atoms with Crippen molar-refractivity contribution >= 4 is 12.1 Å². The molecule has 37 heavy (non-hydrogen) atoms. The highest BCUT2D eigenvalue weighted by molar-refractivity contribution is 5.83. The predicted octanol–water partition coefficient (Wildman–Crippen LogP) is 9.70. The Morgan fingerprint density at radius 3 is 1.49 bits per heavy atom. The average Bonchev–Trinajstić information content (AvgIpc) is 2.81. The lowest BCUT2D eigenvalue weighted by atomic mass is 9.78. The van der Waals surface area contributed by atoms with Crippen LogP contribution in [0.15, 0.2) is 17.2 Å². The lowest BCUT2D eigenvalue weighted by Crippen LogP contribution is -2.19. The normalized spacial score (nSPS) is 12.4. The molecule has 1 aromatic carbocycles. The summed E-state index contributed by atoms with van der Waals surface area (Å²) in [5.74, 6) is 0.325. The molecule has 4 heteroatoms. The van der Waals surface area contributed by atoms with Gasteiger partial charge in [-0.25, -0.2) is 5.43 Å². The third kappa shape index (κ3) is 14.6. The second-order valence-electron chi connectivity index (χ2n) is 13.0. The minimum atomic E-state index is -0.190. The summed E-state index contributed by atoms with van der Waals surface area (Å²) >= 11 is 0. The first-order chi connectivity index (χ1) is 17.5. The monoisotopic (exact) mass is 514 g/mol. The number of phenols is 1. The molecule has 0 spiro atoms. The van der Waals surface area contributed by atoms with E-state index in [4.69, 9.17) is 0 Å². The number of hydrogen-bond acceptors (Lipinski definition) is 3. The van der Waals surface area contributed by atoms with Crippen LogP contribution in [-0.2, 0) is 15.6 Å². The van der Waals surface area contributed by atoms with Crippen molar-refractivity contribution in [3.8, 4) is 5.75 Å². The smallest absolute Gasteiger partial charge is 0.240 e. The molecule has 0 aliphatic rings. The fourth-order valence-corrected chi connectivity index (χ4v) is 4.77. The highest BCUT2D eigenvalue weighted by Crippen LogP contribution is 2.39. The Labute approximate surface area is 229 Å². The Bertz CT molecular complexity index is 765. The number of nitrogens with one attached hydrogen (secondary N) is 1. The molecule has 0 fully saturated rings. The number of nitrogens with zero attached hydrogens (tertiary/aromatic N) is 1. The zero-order chi connectivity index (χ0) is 27.7. The highest BCUT2D eigenvalue weighted by atomic mass is 16.3. The van der Waals surface area contributed by atoms with Gasteiger partial charge in [-0.15, -0.1) is 0 Å². The molecule has 0 atom stereocenters. The number of unbranched alkanes of at least 4 members (excludes halogenated alkanes) is 14. The van der Waals surface area contributed by atoms with E-state index < -0.39 is 0 Å². The number of benzene rings is 1. The van der Waals surface area contributed by atoms with Gasteiger partial charge >= 0.3 is 0 Å². The molecule has 2 N–H and O–H groups in total. The van der Waals surface area contributed by atoms with Crippen LogP contribution in [0.5, 0.6) is 5.75 Å². The van der Waals surface area contributed by atoms with E-state index in [1.54, 1.807) is 6.21 Å². The average molecular weight is 515 g/mol. The molecular weight excluding hydrogens is 456 g/mol. The summed E-state index contributed by atoms with van der Waals surface area (Å²) in [5, 5.41) is 15.0. The molecule has 0 aliphatic carbocycles. The second-order valence-corrected chi connectivity index (χ2v) is 13.0. The summed E-state index contributed by atoms with van der Waals surface area (Å²) in [6.07, 6.45) is 22.0. The van der Waals surface area contributed by atoms with Crippen molar-refractivity contribution < 1.29 is 9.90 Å². The summed E-state index contributed by atoms with van der Waals surface area (Å²) in [6.45, 7) is 14.8. The Morgan fingerprint density at radius 1 is 0.730 bits per heavy atom. The number of carbonyl (C=O) groups is 1. The van der Waals surface area contributed by atoms with Crippen LogP contribution in [0, 0.1) is 0 Å². The summed E-state index contributed by atoms with van der Waals surface area (Å²) < 4.78 is 0. The van der Waals surface area contributed by atoms with Gasteiger partial charge in [-0.05, 0) is 34.9 Å². The minimum absolute atomic E-state index is 0.0307. The van der Waals surface area contributed by atoms with Crippen LogP contribution in [0.1, 0.15) is 168 Å². The molecule has 212 valence electrons. The molecule has 0 unspecified atom stereocenters. The van der Waals surface area contributed by atoms with Crippen molar-refractivity contribution in [2.24, 2.45) is 5.10 Å². The lowest BCUT2D eigenvalue weighted by Gasteiger charge is -2.27. The minimum Gasteiger partial charge on any atom is -0.507 e. The highest BCUT2D eigenvalue weighted by Gasteiger charge is 2.26. The Kier molecular flexibility index (Phi) is 15.8. The number of hydrogen-bond donors (Lipinski definition) is 2. The van der Waals surface area contributed by atoms with E-state index in [1.165, 1.54) is 83.5 Å². The van der Waals surface area contributed by atoms with E-state index in [0.717, 1.165) is 29.5 Å². The molecule has 0 aliphatic heterocycles. The van der Waals surface area contributed by atoms with Gasteiger partial charge in [-0.3, -0.25) is 4.79 Å². The van der Waals surface area contributed by atoms with Crippen LogP contribution in [0.3, 0.4) is 0 Å². The van der Waals surface area contributed by atoms with Crippen molar-refractivity contribution in [2.75, 3.05) is 0 Å². The van der Waals surface area contributed by atoms with E-state index >= 15 is 0 Å². The molecular formula is C33H58N2O2. The number of amides is 1. The maximum Gasteiger partial charge on any atom is 0.240 e. The van der Waals surface area contributed by atoms with E-state index in [-0.39, 0.29) is 16.7 Å². The number of phenolic OH excluding ortho intramolecular Hbond substituents is 1. The summed E-state index contributed by atoms with van der Waals surface area (Å²) in [7, 11) is 0. The van der Waals surface area contributed by atoms with E-state index in [2.05, 4.69) is 59.0 Å². The predicted molar refractivity (Wildman–Crippen MR) is 161 cm³/mol. The van der Waals surface area contributed by atoms with Gasteiger partial charge in [0.05, 0.1) is 6.21 Å². The van der Waals surface area contributed by atoms with Crippen LogP contribution in [0.2, 0.25) is 0 Å². The van der Waals surface area contributed by atoms with Crippen LogP contribution in [-0.4, -0.2) is 17.2 Å². The molecule has 0 bridgehead atoms. The van der Waals surface area contributed by atoms with Crippen molar-refractivity contribution in [1.82, 2.24) is 5.43 Å². The maximum atomic E-state index is 12.2. The molecule has 1 rings (SSSR count). The van der Waals surface area contributed by atoms with Crippen molar-refractivity contribution in [1.29, 1.82) is 0 Å². The third-order valence-corrected chi connectivity index (χ3v) is 7.16. The summed E-state index contributed by atoms with van der Waals surface area (Å²) in [6, 6.07) is 3.93. The summed E-state index contributed by atoms with van der Waals surface area (Å²) in [4.78, 5) is 12.2. The molecule has 4 nitrogen and oxygen atoms in total. The Hall–Kier alpha value is -1.84. The fraction of sp³-hybridized carbons (Fsp3) is 0.758. The van der Waals surface area contributed by atoms with Gasteiger partial charge in [0.1, 0.15) is 5.75 Å². The number of aromatic hydroxyl groups is 1. The Balaban J connectivity index is 2.23. The maximum absolute atomic E-state index is 12.2. The van der Waals surface area contributed by atoms with Gasteiger partial charge in [-0.2, -0.15) is 5.10 Å². The van der Waals surface area contributed by atoms with Gasteiger partial charge in [0.2, 0.25) is 5.91 Å². The van der Waals surface area contributed by atoms with E-state index in [1.807, 2.05) is 12.1 Å². The van der Waals surface area contributed by atoms with Crippen LogP contribution in [0.4, 0.5) is 0 Å². The molecule has 0 aromatic heterocycles. The lowest BCUT2D eigenvalue weighted by molar-refractivity contribution is -0.121. The van der Waals surface area contributed by atoms with E-state index in [9.17, 15) is 9.90 Å². The first-order valence-electron chi connectivity index (χ1n) is 15.2. The van der Waals surface area contributed by atoms with E-state index in [0.29, 0.717) is 12.2 Å². The molecule has 0 heterocycles. The first-order valence-corrected chi connectivity index (χ1v) is 15.2. The van der Waals surface area contributed by atoms with Gasteiger partial charge in [0.15, 0.2) is 0 Å². The SMILES string of the molecule is CCCCCCCCCCCCCCCCCC(=O)N/N=C/c1cc(C(C)(C)C)c(O)c(C(C)(C)C)c1. The quantitative estimate of drug-likeness (QED) is 0.116. The second kappa shape index (κ2) is 17.6. The largest absolute Gasteiger partial charge is 0.507 e. The zero-order valence-electron chi connectivity index (χ0n) is 25.3. The number of carbonyl (C=O) groups excluding carboxylic acids is 1. The van der Waals surface area contributed by atoms with Crippen molar-refractivity contribution in [3.05, 3.63) is 28.8 Å². The zero-order valence-corrected chi connectivity index (χ0v) is 25.3. The Morgan fingerprint density at radius 2 is 1.11 bits per heavy atom. The van der Waals surface area contributed by atoms with Crippen LogP contribution < -0.4 is 5.43 Å². The fourth-order valence-electron chi connectivity index (χ4n) is 4.77. The molecule has 0 saturated carbocycles. The molecule has 0 saturated heterocycles. The number of hydrazone groups is 1. The topological polar surface area (TPSA) is 61.7 Å². The molecule has 0 radical (unpaired) electrons. The standard InChI is InChI=1S/C33H58N2O2/c1-8-9-10-11-12-13-14-15-16-17-18-19-20-21-22-23-30(36)35-34-26-27-24-28(32(2,3)4)31(37)29(25-27)33(5,6)7/h24-26,37H,8-23H2,1-7H3,(H,35,36)/b34-26+. The van der Waals surface area contributed by atoms with Gasteiger partial charge < -0.3 is 5.11 Å².